The molecule has 1 radical (unpaired) electrons. The van der Waals surface area contributed by atoms with Crippen LogP contribution >= 0.6 is 0 Å². The van der Waals surface area contributed by atoms with Crippen LogP contribution in [0.25, 0.3) is 11.1 Å². The molecule has 0 bridgehead atoms. The number of Topliss-reactive ketones (excluding diaryl/α,β-unsaturated/α-hetero) is 1. The summed E-state index contributed by atoms with van der Waals surface area (Å²) in [7, 11) is -4.95. The van der Waals surface area contributed by atoms with E-state index >= 15 is 0 Å². The molecule has 3 aliphatic rings. The van der Waals surface area contributed by atoms with E-state index in [0.29, 0.717) is 0 Å². The summed E-state index contributed by atoms with van der Waals surface area (Å²) < 4.78 is 6.39. The molecule has 0 fully saturated rings. The quantitative estimate of drug-likeness (QED) is 0.329. The molecule has 0 spiro atoms. The van der Waals surface area contributed by atoms with Crippen molar-refractivity contribution in [3.8, 4) is 5.75 Å². The van der Waals surface area contributed by atoms with Crippen molar-refractivity contribution in [3.63, 3.8) is 0 Å². The molecule has 159 valence electrons. The van der Waals surface area contributed by atoms with E-state index in [0.717, 1.165) is 27.3 Å². The van der Waals surface area contributed by atoms with Crippen molar-refractivity contribution in [2.75, 3.05) is 0 Å². The monoisotopic (exact) mass is 527 g/mol. The normalized spacial score (nSPS) is 21.5. The van der Waals surface area contributed by atoms with Gasteiger partial charge in [0.1, 0.15) is 11.5 Å². The van der Waals surface area contributed by atoms with Crippen LogP contribution < -0.4 is 39.7 Å². The van der Waals surface area contributed by atoms with Crippen molar-refractivity contribution in [2.45, 2.75) is 59.2 Å². The first-order valence-electron chi connectivity index (χ1n) is 9.92. The zero-order valence-corrected chi connectivity index (χ0v) is 25.1. The average Bonchev–Trinajstić information content (AvgIpc) is 3.09. The number of fused-ring (bicyclic) bond motifs is 2. The third-order valence-corrected chi connectivity index (χ3v) is 25.4. The molecule has 0 saturated carbocycles. The molecule has 1 unspecified atom stereocenters. The maximum Gasteiger partial charge on any atom is 3.00 e. The summed E-state index contributed by atoms with van der Waals surface area (Å²) in [6.45, 7) is 18.3. The topological polar surface area (TPSA) is 26.3 Å². The van der Waals surface area contributed by atoms with Gasteiger partial charge in [-0.2, -0.15) is 0 Å². The first-order chi connectivity index (χ1) is 12.4. The molecule has 0 saturated heterocycles. The summed E-state index contributed by atoms with van der Waals surface area (Å²) in [5.74, 6) is 1.16. The van der Waals surface area contributed by atoms with E-state index in [2.05, 4.69) is 65.3 Å². The van der Waals surface area contributed by atoms with Crippen LogP contribution in [0.5, 0.6) is 5.75 Å². The Balaban J connectivity index is 0.00000150. The number of ketones is 1. The molecule has 1 aromatic rings. The second-order valence-corrected chi connectivity index (χ2v) is 29.0. The fourth-order valence-corrected chi connectivity index (χ4v) is 17.5. The van der Waals surface area contributed by atoms with Gasteiger partial charge in [0.2, 0.25) is 8.32 Å². The molecule has 2 aliphatic carbocycles. The van der Waals surface area contributed by atoms with E-state index in [9.17, 15) is 4.79 Å². The van der Waals surface area contributed by atoms with Crippen molar-refractivity contribution < 1.29 is 55.8 Å². The minimum atomic E-state index is -1.77. The Morgan fingerprint density at radius 3 is 2.23 bits per heavy atom. The number of allylic oxidation sites excluding steroid dienone is 4. The average molecular weight is 529 g/mol. The van der Waals surface area contributed by atoms with E-state index in [-0.39, 0.29) is 52.3 Å². The third kappa shape index (κ3) is 3.78. The largest absolute Gasteiger partial charge is 3.00 e. The van der Waals surface area contributed by atoms with Crippen LogP contribution in [0.4, 0.5) is 0 Å². The summed E-state index contributed by atoms with van der Waals surface area (Å²) in [5, 5.41) is 4.66. The van der Waals surface area contributed by atoms with Crippen molar-refractivity contribution in [1.29, 1.82) is 0 Å². The van der Waals surface area contributed by atoms with E-state index in [1.807, 2.05) is 12.1 Å². The van der Waals surface area contributed by atoms with Crippen LogP contribution in [0.1, 0.15) is 13.8 Å². The Morgan fingerprint density at radius 2 is 1.70 bits per heavy atom. The Hall–Kier alpha value is -0.145. The van der Waals surface area contributed by atoms with E-state index in [1.165, 1.54) is 22.0 Å². The molecule has 1 aromatic carbocycles. The molecule has 0 amide bonds. The summed E-state index contributed by atoms with van der Waals surface area (Å²) in [4.78, 5) is 13.7. The number of hydrogen-bond donors (Lipinski definition) is 0. The van der Waals surface area contributed by atoms with Gasteiger partial charge in [-0.05, 0) is 30.9 Å². The van der Waals surface area contributed by atoms with Gasteiger partial charge in [-0.1, -0.05) is 67.7 Å². The Labute approximate surface area is 210 Å². The Kier molecular flexibility index (Phi) is 8.05. The molecule has 2 nitrogen and oxygen atoms in total. The zero-order chi connectivity index (χ0) is 19.9. The summed E-state index contributed by atoms with van der Waals surface area (Å²) >= 11 is 0. The predicted molar refractivity (Wildman–Crippen MR) is 121 cm³/mol. The summed E-state index contributed by atoms with van der Waals surface area (Å²) in [5.41, 5.74) is 3.09. The van der Waals surface area contributed by atoms with Crippen molar-refractivity contribution in [1.82, 2.24) is 0 Å². The van der Waals surface area contributed by atoms with Crippen LogP contribution in [0.3, 0.4) is 0 Å². The number of rotatable bonds is 4. The van der Waals surface area contributed by atoms with Gasteiger partial charge in [0.25, 0.3) is 0 Å². The van der Waals surface area contributed by atoms with Crippen molar-refractivity contribution in [3.05, 3.63) is 50.7 Å². The van der Waals surface area contributed by atoms with Crippen LogP contribution in [-0.4, -0.2) is 29.3 Å². The van der Waals surface area contributed by atoms with E-state index < -0.39 is 23.5 Å². The van der Waals surface area contributed by atoms with Gasteiger partial charge >= 0.3 is 21.7 Å². The van der Waals surface area contributed by atoms with Crippen LogP contribution in [-0.2, 0) is 26.5 Å². The van der Waals surface area contributed by atoms with E-state index in [1.54, 1.807) is 0 Å². The maximum absolute atomic E-state index is 13.7. The molecule has 0 N–H and O–H groups in total. The van der Waals surface area contributed by atoms with E-state index in [4.69, 9.17) is 4.43 Å². The second-order valence-electron chi connectivity index (χ2n) is 9.83. The molecule has 4 rings (SSSR count). The zero-order valence-electron chi connectivity index (χ0n) is 19.0. The van der Waals surface area contributed by atoms with Crippen molar-refractivity contribution >= 4 is 40.4 Å². The molecule has 1 aliphatic heterocycles. The Bertz CT molecular complexity index is 1100. The molecule has 0 aromatic heterocycles. The van der Waals surface area contributed by atoms with Gasteiger partial charge in [-0.15, -0.1) is 22.4 Å². The first kappa shape index (κ1) is 27.9. The van der Waals surface area contributed by atoms with Crippen LogP contribution in [0, 0.1) is 6.08 Å². The van der Waals surface area contributed by atoms with Crippen LogP contribution in [0.2, 0.25) is 45.3 Å². The van der Waals surface area contributed by atoms with Gasteiger partial charge in [0, 0.05) is 15.2 Å². The fourth-order valence-electron chi connectivity index (χ4n) is 4.53. The molecular formula is C22H29Cl2O2Si3Ti. The molecule has 8 heteroatoms. The summed E-state index contributed by atoms with van der Waals surface area (Å²) in [6.07, 6.45) is 3.75. The van der Waals surface area contributed by atoms with Gasteiger partial charge in [0.05, 0.1) is 0 Å². The first-order valence-corrected chi connectivity index (χ1v) is 20.0. The molecule has 30 heavy (non-hydrogen) atoms. The van der Waals surface area contributed by atoms with Gasteiger partial charge < -0.3 is 34.0 Å². The van der Waals surface area contributed by atoms with Crippen LogP contribution in [0.15, 0.2) is 34.2 Å². The third-order valence-electron chi connectivity index (χ3n) is 6.85. The summed E-state index contributed by atoms with van der Waals surface area (Å²) in [6, 6.07) is 7.43. The molecular weight excluding hydrogens is 499 g/mol. The smallest absolute Gasteiger partial charge is 1.00 e. The van der Waals surface area contributed by atoms with Gasteiger partial charge in [-0.3, -0.25) is 0 Å². The van der Waals surface area contributed by atoms with Crippen molar-refractivity contribution in [2.24, 2.45) is 0 Å². The minimum Gasteiger partial charge on any atom is -1.00 e. The predicted octanol–water partition coefficient (Wildman–Crippen LogP) is -2.17. The number of benzene rings is 1. The molecule has 1 heterocycles. The number of halogens is 2. The van der Waals surface area contributed by atoms with Gasteiger partial charge in [-0.25, -0.2) is 0 Å². The second kappa shape index (κ2) is 8.66. The fraction of sp³-hybridized carbons (Fsp3) is 0.409. The number of carbonyl (C=O) groups excluding carboxylic acids is 1. The maximum atomic E-state index is 13.7. The van der Waals surface area contributed by atoms with Gasteiger partial charge in [0.15, 0.2) is 0 Å². The SMILES string of the molecule is CC[Si](C)(C)[Si]1(C)C2=C1C(=O)C1=c3c(O[Si](C)(C)C)cccc3=C(C)C1=[C-]2.[Cl-].[Cl-].[Ti+3]. The number of carbonyl (C=O) groups is 1. The standard InChI is InChI=1S/C22H29O2Si3.2ClH.Ti/c1-9-26(6,7)27(8)18-13-16-14(2)15-11-10-12-17(24-25(3,4)5)19(15)20(16)21(23)22(18)27;;;/h10-12H,9H2,1-8H3;2*1H;/q-1;;;+3/p-2. The minimum absolute atomic E-state index is 0. The number of hydrogen-bond acceptors (Lipinski definition) is 2. The Morgan fingerprint density at radius 1 is 1.10 bits per heavy atom. The molecule has 1 atom stereocenters.